The quantitative estimate of drug-likeness (QED) is 0.366. The summed E-state index contributed by atoms with van der Waals surface area (Å²) in [5, 5.41) is 1.15. The number of carbonyl (C=O) groups is 1. The summed E-state index contributed by atoms with van der Waals surface area (Å²) in [4.78, 5) is 16.2. The molecule has 2 aromatic carbocycles. The van der Waals surface area contributed by atoms with Crippen molar-refractivity contribution >= 4 is 45.3 Å². The Labute approximate surface area is 154 Å². The van der Waals surface area contributed by atoms with Gasteiger partial charge < -0.3 is 4.90 Å². The number of carbonyl (C=O) groups excluding carboxylic acids is 1. The Bertz CT molecular complexity index is 934. The molecule has 2 nitrogen and oxygen atoms in total. The minimum Gasteiger partial charge on any atom is -0.302 e. The van der Waals surface area contributed by atoms with Crippen LogP contribution in [0.25, 0.3) is 9.75 Å². The van der Waals surface area contributed by atoms with Crippen LogP contribution < -0.4 is 4.90 Å². The van der Waals surface area contributed by atoms with Gasteiger partial charge in [-0.25, -0.2) is 0 Å². The fourth-order valence-corrected chi connectivity index (χ4v) is 4.65. The molecule has 0 atom stereocenters. The van der Waals surface area contributed by atoms with Crippen molar-refractivity contribution in [1.82, 2.24) is 0 Å². The largest absolute Gasteiger partial charge is 0.302 e. The molecule has 0 aliphatic rings. The average molecular weight is 361 g/mol. The van der Waals surface area contributed by atoms with Gasteiger partial charge in [0.1, 0.15) is 5.00 Å². The molecule has 0 aliphatic carbocycles. The van der Waals surface area contributed by atoms with Crippen LogP contribution in [0, 0.1) is 0 Å². The SMILES string of the molecule is O=Cc1ccc(-c2ccc(N(c3ccccc3)c3ccccc3)s2)s1. The lowest BCUT2D eigenvalue weighted by Crippen LogP contribution is -2.07. The zero-order chi connectivity index (χ0) is 17.1. The van der Waals surface area contributed by atoms with Crippen LogP contribution >= 0.6 is 22.7 Å². The highest BCUT2D eigenvalue weighted by molar-refractivity contribution is 7.24. The van der Waals surface area contributed by atoms with Crippen molar-refractivity contribution in [1.29, 1.82) is 0 Å². The van der Waals surface area contributed by atoms with Gasteiger partial charge in [-0.2, -0.15) is 0 Å². The molecule has 4 aromatic rings. The monoisotopic (exact) mass is 361 g/mol. The maximum atomic E-state index is 10.9. The molecule has 0 amide bonds. The second-order valence-electron chi connectivity index (χ2n) is 5.46. The number of hydrogen-bond acceptors (Lipinski definition) is 4. The Hall–Kier alpha value is -2.69. The highest BCUT2D eigenvalue weighted by Crippen LogP contribution is 2.42. The van der Waals surface area contributed by atoms with Crippen molar-refractivity contribution in [2.75, 3.05) is 4.90 Å². The minimum atomic E-state index is 0.757. The molecule has 2 aromatic heterocycles. The van der Waals surface area contributed by atoms with E-state index in [4.69, 9.17) is 0 Å². The van der Waals surface area contributed by atoms with Crippen LogP contribution in [0.15, 0.2) is 84.9 Å². The molecule has 122 valence electrons. The second kappa shape index (κ2) is 7.05. The van der Waals surface area contributed by atoms with Crippen LogP contribution in [0.5, 0.6) is 0 Å². The van der Waals surface area contributed by atoms with Crippen molar-refractivity contribution < 1.29 is 4.79 Å². The lowest BCUT2D eigenvalue weighted by Gasteiger charge is -2.23. The Kier molecular flexibility index (Phi) is 4.46. The normalized spacial score (nSPS) is 10.6. The summed E-state index contributed by atoms with van der Waals surface area (Å²) in [5.74, 6) is 0. The number of anilines is 3. The summed E-state index contributed by atoms with van der Waals surface area (Å²) in [6.07, 6.45) is 0.906. The van der Waals surface area contributed by atoms with Gasteiger partial charge in [0, 0.05) is 21.1 Å². The third-order valence-electron chi connectivity index (χ3n) is 3.83. The summed E-state index contributed by atoms with van der Waals surface area (Å²) in [5.41, 5.74) is 2.25. The number of aldehydes is 1. The molecule has 0 saturated heterocycles. The summed E-state index contributed by atoms with van der Waals surface area (Å²) in [6, 6.07) is 28.9. The molecule has 0 N–H and O–H groups in total. The number of nitrogens with zero attached hydrogens (tertiary/aromatic N) is 1. The highest BCUT2D eigenvalue weighted by Gasteiger charge is 2.15. The topological polar surface area (TPSA) is 20.3 Å². The predicted molar refractivity (Wildman–Crippen MR) is 108 cm³/mol. The van der Waals surface area contributed by atoms with Gasteiger partial charge in [-0.1, -0.05) is 36.4 Å². The van der Waals surface area contributed by atoms with E-state index in [1.807, 2.05) is 24.3 Å². The number of thiophene rings is 2. The van der Waals surface area contributed by atoms with Gasteiger partial charge in [0.2, 0.25) is 0 Å². The molecule has 2 heterocycles. The first kappa shape index (κ1) is 15.8. The highest BCUT2D eigenvalue weighted by atomic mass is 32.1. The van der Waals surface area contributed by atoms with Crippen molar-refractivity contribution in [3.63, 3.8) is 0 Å². The van der Waals surface area contributed by atoms with E-state index in [-0.39, 0.29) is 0 Å². The molecular formula is C21H15NOS2. The molecule has 4 heteroatoms. The van der Waals surface area contributed by atoms with Gasteiger partial charge in [-0.05, 0) is 48.5 Å². The number of benzene rings is 2. The van der Waals surface area contributed by atoms with E-state index in [9.17, 15) is 4.79 Å². The standard InChI is InChI=1S/C21H15NOS2/c23-15-18-11-12-19(24-18)20-13-14-21(25-20)22(16-7-3-1-4-8-16)17-9-5-2-6-10-17/h1-15H. The molecule has 0 spiro atoms. The summed E-state index contributed by atoms with van der Waals surface area (Å²) < 4.78 is 0. The van der Waals surface area contributed by atoms with Crippen LogP contribution in [-0.2, 0) is 0 Å². The number of para-hydroxylation sites is 2. The summed E-state index contributed by atoms with van der Waals surface area (Å²) in [6.45, 7) is 0. The van der Waals surface area contributed by atoms with E-state index in [0.29, 0.717) is 0 Å². The maximum Gasteiger partial charge on any atom is 0.160 e. The van der Waals surface area contributed by atoms with E-state index in [1.54, 1.807) is 11.3 Å². The molecular weight excluding hydrogens is 346 g/mol. The van der Waals surface area contributed by atoms with E-state index in [0.717, 1.165) is 32.4 Å². The van der Waals surface area contributed by atoms with E-state index in [1.165, 1.54) is 16.2 Å². The maximum absolute atomic E-state index is 10.9. The third-order valence-corrected chi connectivity index (χ3v) is 6.10. The van der Waals surface area contributed by atoms with E-state index in [2.05, 4.69) is 65.6 Å². The summed E-state index contributed by atoms with van der Waals surface area (Å²) in [7, 11) is 0. The van der Waals surface area contributed by atoms with Crippen LogP contribution in [0.2, 0.25) is 0 Å². The molecule has 0 aliphatic heterocycles. The van der Waals surface area contributed by atoms with Crippen LogP contribution in [0.3, 0.4) is 0 Å². The van der Waals surface area contributed by atoms with Gasteiger partial charge in [0.05, 0.1) is 4.88 Å². The van der Waals surface area contributed by atoms with Crippen LogP contribution in [-0.4, -0.2) is 6.29 Å². The third kappa shape index (κ3) is 3.27. The minimum absolute atomic E-state index is 0.757. The van der Waals surface area contributed by atoms with Crippen molar-refractivity contribution in [2.24, 2.45) is 0 Å². The first-order valence-corrected chi connectivity index (χ1v) is 9.54. The van der Waals surface area contributed by atoms with Crippen molar-refractivity contribution in [3.8, 4) is 9.75 Å². The molecule has 0 fully saturated rings. The van der Waals surface area contributed by atoms with Crippen molar-refractivity contribution in [2.45, 2.75) is 0 Å². The Balaban J connectivity index is 1.77. The first-order valence-electron chi connectivity index (χ1n) is 7.90. The number of hydrogen-bond donors (Lipinski definition) is 0. The van der Waals surface area contributed by atoms with Crippen molar-refractivity contribution in [3.05, 3.63) is 89.8 Å². The van der Waals surface area contributed by atoms with Gasteiger partial charge in [-0.3, -0.25) is 4.79 Å². The molecule has 0 bridgehead atoms. The van der Waals surface area contributed by atoms with Gasteiger partial charge >= 0.3 is 0 Å². The second-order valence-corrected chi connectivity index (χ2v) is 7.64. The smallest absolute Gasteiger partial charge is 0.160 e. The van der Waals surface area contributed by atoms with Gasteiger partial charge in [-0.15, -0.1) is 22.7 Å². The lowest BCUT2D eigenvalue weighted by atomic mass is 10.2. The fourth-order valence-electron chi connectivity index (χ4n) is 2.69. The molecule has 0 unspecified atom stereocenters. The van der Waals surface area contributed by atoms with E-state index < -0.39 is 0 Å². The Morgan fingerprint density at radius 3 is 1.76 bits per heavy atom. The number of rotatable bonds is 5. The zero-order valence-electron chi connectivity index (χ0n) is 13.3. The van der Waals surface area contributed by atoms with Gasteiger partial charge in [0.15, 0.2) is 6.29 Å². The lowest BCUT2D eigenvalue weighted by molar-refractivity contribution is 0.112. The molecule has 25 heavy (non-hydrogen) atoms. The van der Waals surface area contributed by atoms with Crippen LogP contribution in [0.4, 0.5) is 16.4 Å². The Morgan fingerprint density at radius 2 is 1.20 bits per heavy atom. The predicted octanol–water partition coefficient (Wildman–Crippen LogP) is 6.76. The fraction of sp³-hybridized carbons (Fsp3) is 0. The first-order chi connectivity index (χ1) is 12.3. The zero-order valence-corrected chi connectivity index (χ0v) is 15.0. The summed E-state index contributed by atoms with van der Waals surface area (Å²) >= 11 is 3.25. The van der Waals surface area contributed by atoms with Crippen LogP contribution in [0.1, 0.15) is 9.67 Å². The molecule has 0 radical (unpaired) electrons. The van der Waals surface area contributed by atoms with E-state index >= 15 is 0 Å². The molecule has 4 rings (SSSR count). The Morgan fingerprint density at radius 1 is 0.640 bits per heavy atom. The average Bonchev–Trinajstić information content (AvgIpc) is 3.33. The molecule has 0 saturated carbocycles. The van der Waals surface area contributed by atoms with Gasteiger partial charge in [0.25, 0.3) is 0 Å².